The topological polar surface area (TPSA) is 237 Å². The van der Waals surface area contributed by atoms with Crippen molar-refractivity contribution in [2.45, 2.75) is 341 Å². The van der Waals surface area contributed by atoms with Crippen LogP contribution >= 0.6 is 15.6 Å². The molecule has 17 nitrogen and oxygen atoms in total. The third-order valence-electron chi connectivity index (χ3n) is 16.0. The van der Waals surface area contributed by atoms with E-state index in [4.69, 9.17) is 37.0 Å². The number of rotatable bonds is 72. The zero-order valence-corrected chi connectivity index (χ0v) is 63.5. The Balaban J connectivity index is 5.36. The Hall–Kier alpha value is -4.02. The second-order valence-corrected chi connectivity index (χ2v) is 28.5. The van der Waals surface area contributed by atoms with E-state index in [1.165, 1.54) is 70.6 Å². The van der Waals surface area contributed by atoms with Crippen LogP contribution in [0.15, 0.2) is 97.2 Å². The smallest absolute Gasteiger partial charge is 0.462 e. The molecule has 0 spiro atoms. The van der Waals surface area contributed by atoms with Crippen molar-refractivity contribution in [2.75, 3.05) is 39.6 Å². The molecule has 566 valence electrons. The Bertz CT molecular complexity index is 2240. The van der Waals surface area contributed by atoms with E-state index in [9.17, 15) is 43.2 Å². The summed E-state index contributed by atoms with van der Waals surface area (Å²) in [5.74, 6) is -2.22. The SMILES string of the molecule is CC/C=C\C/C=C\C/C=C\C/C=C\CCCCCCC(=O)OCC(COP(=O)(O)OCC(O)COP(=O)(O)OCC(COC(=O)CCCCCCC/C=C\CCCCCCCC)OC(=O)CCCCCCC/C=C\CCCC)OC(=O)CCCCCCC/C=C\C/C=C\CCCCC. The first-order valence-electron chi connectivity index (χ1n) is 38.5. The molecule has 0 aromatic carbocycles. The average Bonchev–Trinajstić information content (AvgIpc) is 0.986. The van der Waals surface area contributed by atoms with Crippen LogP contribution in [0.2, 0.25) is 0 Å². The zero-order valence-electron chi connectivity index (χ0n) is 61.7. The van der Waals surface area contributed by atoms with Crippen molar-refractivity contribution < 1.29 is 80.2 Å². The molecule has 0 heterocycles. The van der Waals surface area contributed by atoms with Gasteiger partial charge in [0.05, 0.1) is 26.4 Å². The number of aliphatic hydroxyl groups excluding tert-OH is 1. The van der Waals surface area contributed by atoms with E-state index in [2.05, 4.69) is 125 Å². The number of allylic oxidation sites excluding steroid dienone is 16. The van der Waals surface area contributed by atoms with Crippen LogP contribution in [0.25, 0.3) is 0 Å². The quantitative estimate of drug-likeness (QED) is 0.0169. The number of aliphatic hydroxyl groups is 1. The molecule has 98 heavy (non-hydrogen) atoms. The first-order valence-corrected chi connectivity index (χ1v) is 41.5. The summed E-state index contributed by atoms with van der Waals surface area (Å²) in [5, 5.41) is 10.6. The lowest BCUT2D eigenvalue weighted by molar-refractivity contribution is -0.161. The number of carbonyl (C=O) groups is 4. The standard InChI is InChI=1S/C79H138O17P2/c1-5-9-13-17-21-25-29-32-35-36-39-41-45-48-52-56-60-64-77(82)90-70-75(96-79(84)66-62-58-54-50-46-42-38-34-31-27-23-19-15-11-7-3)72-94-98(87,88)92-68-73(80)67-91-97(85,86)93-71-74(95-78(83)65-61-57-53-49-43-28-24-20-16-12-8-4)69-89-76(81)63-59-55-51-47-44-40-37-33-30-26-22-18-14-10-6-2/h9,13,20-21,23-25,27,32-35,37-39,41,73-75,80H,5-8,10-12,14-19,22,26,28-31,36,40,42-72H2,1-4H3,(H,85,86)(H,87,88)/b13-9-,24-20-,25-21-,27-23-,35-32-,37-33-,38-34-,41-39-. The normalized spacial score (nSPS) is 14.5. The van der Waals surface area contributed by atoms with Gasteiger partial charge in [-0.1, -0.05) is 253 Å². The highest BCUT2D eigenvalue weighted by atomic mass is 31.2. The lowest BCUT2D eigenvalue weighted by atomic mass is 10.1. The summed E-state index contributed by atoms with van der Waals surface area (Å²) in [6, 6.07) is 0. The molecule has 0 bridgehead atoms. The first-order chi connectivity index (χ1) is 47.7. The van der Waals surface area contributed by atoms with Gasteiger partial charge >= 0.3 is 39.5 Å². The molecule has 0 aliphatic carbocycles. The highest BCUT2D eigenvalue weighted by Gasteiger charge is 2.30. The maximum absolute atomic E-state index is 13.1. The first kappa shape index (κ1) is 94.0. The number of esters is 4. The average molecular weight is 1420 g/mol. The zero-order chi connectivity index (χ0) is 71.8. The molecule has 0 saturated carbocycles. The van der Waals surface area contributed by atoms with Crippen molar-refractivity contribution in [3.63, 3.8) is 0 Å². The molecule has 0 saturated heterocycles. The fourth-order valence-electron chi connectivity index (χ4n) is 10.1. The van der Waals surface area contributed by atoms with Crippen molar-refractivity contribution in [3.05, 3.63) is 97.2 Å². The van der Waals surface area contributed by atoms with Crippen LogP contribution in [-0.2, 0) is 65.4 Å². The number of unbranched alkanes of at least 4 members (excludes halogenated alkanes) is 30. The molecule has 0 amide bonds. The lowest BCUT2D eigenvalue weighted by Gasteiger charge is -2.21. The summed E-state index contributed by atoms with van der Waals surface area (Å²) in [4.78, 5) is 72.8. The Morgan fingerprint density at radius 3 is 0.878 bits per heavy atom. The molecule has 3 N–H and O–H groups in total. The Labute approximate surface area is 595 Å². The van der Waals surface area contributed by atoms with Crippen molar-refractivity contribution in [1.29, 1.82) is 0 Å². The minimum Gasteiger partial charge on any atom is -0.462 e. The maximum Gasteiger partial charge on any atom is 0.472 e. The van der Waals surface area contributed by atoms with Crippen LogP contribution in [0.5, 0.6) is 0 Å². The van der Waals surface area contributed by atoms with Crippen molar-refractivity contribution >= 4 is 39.5 Å². The van der Waals surface area contributed by atoms with Crippen molar-refractivity contribution in [2.24, 2.45) is 0 Å². The summed E-state index contributed by atoms with van der Waals surface area (Å²) in [7, 11) is -9.96. The number of phosphoric acid groups is 2. The van der Waals surface area contributed by atoms with Gasteiger partial charge in [0.1, 0.15) is 19.3 Å². The highest BCUT2D eigenvalue weighted by molar-refractivity contribution is 7.47. The number of carbonyl (C=O) groups excluding carboxylic acids is 4. The van der Waals surface area contributed by atoms with E-state index in [0.717, 1.165) is 173 Å². The largest absolute Gasteiger partial charge is 0.472 e. The molecule has 0 rings (SSSR count). The van der Waals surface area contributed by atoms with Gasteiger partial charge in [-0.05, 0) is 141 Å². The molecule has 0 aromatic rings. The minimum atomic E-state index is -4.98. The van der Waals surface area contributed by atoms with Gasteiger partial charge in [-0.25, -0.2) is 9.13 Å². The van der Waals surface area contributed by atoms with Crippen LogP contribution in [0, 0.1) is 0 Å². The van der Waals surface area contributed by atoms with E-state index < -0.39 is 97.5 Å². The molecule has 0 aliphatic rings. The van der Waals surface area contributed by atoms with Crippen molar-refractivity contribution in [3.8, 4) is 0 Å². The fraction of sp³-hybridized carbons (Fsp3) is 0.747. The van der Waals surface area contributed by atoms with Gasteiger partial charge in [0, 0.05) is 25.7 Å². The lowest BCUT2D eigenvalue weighted by Crippen LogP contribution is -2.30. The van der Waals surface area contributed by atoms with Gasteiger partial charge < -0.3 is 33.8 Å². The van der Waals surface area contributed by atoms with Crippen LogP contribution in [-0.4, -0.2) is 96.7 Å². The second-order valence-electron chi connectivity index (χ2n) is 25.6. The van der Waals surface area contributed by atoms with Gasteiger partial charge in [-0.2, -0.15) is 0 Å². The van der Waals surface area contributed by atoms with Gasteiger partial charge in [0.2, 0.25) is 0 Å². The summed E-state index contributed by atoms with van der Waals surface area (Å²) in [5.41, 5.74) is 0. The number of hydrogen-bond donors (Lipinski definition) is 3. The molecule has 0 aliphatic heterocycles. The van der Waals surface area contributed by atoms with E-state index >= 15 is 0 Å². The minimum absolute atomic E-state index is 0.0727. The van der Waals surface area contributed by atoms with Gasteiger partial charge in [-0.3, -0.25) is 37.3 Å². The summed E-state index contributed by atoms with van der Waals surface area (Å²) < 4.78 is 68.4. The molecular weight excluding hydrogens is 1280 g/mol. The van der Waals surface area contributed by atoms with Crippen LogP contribution in [0.1, 0.15) is 323 Å². The maximum atomic E-state index is 13.1. The Morgan fingerprint density at radius 2 is 0.541 bits per heavy atom. The van der Waals surface area contributed by atoms with E-state index in [1.54, 1.807) is 0 Å². The predicted octanol–water partition coefficient (Wildman–Crippen LogP) is 22.0. The monoisotopic (exact) mass is 1420 g/mol. The third-order valence-corrected chi connectivity index (χ3v) is 17.9. The number of phosphoric ester groups is 2. The molecular formula is C79H138O17P2. The number of hydrogen-bond acceptors (Lipinski definition) is 15. The van der Waals surface area contributed by atoms with Crippen LogP contribution < -0.4 is 0 Å². The molecule has 0 aromatic heterocycles. The van der Waals surface area contributed by atoms with Crippen LogP contribution in [0.3, 0.4) is 0 Å². The molecule has 0 fully saturated rings. The Kier molecular flexibility index (Phi) is 68.4. The second kappa shape index (κ2) is 71.4. The van der Waals surface area contributed by atoms with Crippen LogP contribution in [0.4, 0.5) is 0 Å². The Morgan fingerprint density at radius 1 is 0.296 bits per heavy atom. The predicted molar refractivity (Wildman–Crippen MR) is 399 cm³/mol. The third kappa shape index (κ3) is 70.4. The van der Waals surface area contributed by atoms with E-state index in [-0.39, 0.29) is 25.7 Å². The molecule has 19 heteroatoms. The van der Waals surface area contributed by atoms with Crippen molar-refractivity contribution in [1.82, 2.24) is 0 Å². The molecule has 0 radical (unpaired) electrons. The fourth-order valence-corrected chi connectivity index (χ4v) is 11.7. The van der Waals surface area contributed by atoms with E-state index in [1.807, 2.05) is 0 Å². The summed E-state index contributed by atoms with van der Waals surface area (Å²) in [6.07, 6.45) is 74.0. The highest BCUT2D eigenvalue weighted by Crippen LogP contribution is 2.45. The van der Waals surface area contributed by atoms with Gasteiger partial charge in [0.25, 0.3) is 0 Å². The summed E-state index contributed by atoms with van der Waals surface area (Å²) in [6.45, 7) is 4.65. The van der Waals surface area contributed by atoms with E-state index in [0.29, 0.717) is 25.7 Å². The van der Waals surface area contributed by atoms with Gasteiger partial charge in [0.15, 0.2) is 12.2 Å². The van der Waals surface area contributed by atoms with Gasteiger partial charge in [-0.15, -0.1) is 0 Å². The molecule has 5 unspecified atom stereocenters. The summed E-state index contributed by atoms with van der Waals surface area (Å²) >= 11 is 0. The molecule has 5 atom stereocenters. The number of ether oxygens (including phenoxy) is 4.